The molecule has 1 amide bonds. The van der Waals surface area contributed by atoms with Crippen LogP contribution in [0.3, 0.4) is 0 Å². The van der Waals surface area contributed by atoms with Crippen molar-refractivity contribution in [1.29, 1.82) is 0 Å². The lowest BCUT2D eigenvalue weighted by molar-refractivity contribution is 0.0522. The van der Waals surface area contributed by atoms with Crippen LogP contribution in [-0.2, 0) is 9.47 Å². The molecule has 0 aliphatic heterocycles. The highest BCUT2D eigenvalue weighted by Gasteiger charge is 2.20. The summed E-state index contributed by atoms with van der Waals surface area (Å²) < 4.78 is 9.56. The SMILES string of the molecule is CCOC(=O)c1[nH]c2ccc(C)cc2c1NC(=O)OC. The topological polar surface area (TPSA) is 80.4 Å². The molecule has 2 aromatic rings. The number of hydrogen-bond acceptors (Lipinski definition) is 4. The largest absolute Gasteiger partial charge is 0.461 e. The molecule has 2 rings (SSSR count). The number of amides is 1. The number of rotatable bonds is 3. The van der Waals surface area contributed by atoms with E-state index in [1.54, 1.807) is 6.92 Å². The van der Waals surface area contributed by atoms with Gasteiger partial charge < -0.3 is 14.5 Å². The van der Waals surface area contributed by atoms with Crippen molar-refractivity contribution in [2.75, 3.05) is 19.0 Å². The van der Waals surface area contributed by atoms with E-state index in [2.05, 4.69) is 15.0 Å². The van der Waals surface area contributed by atoms with Gasteiger partial charge in [-0.15, -0.1) is 0 Å². The fraction of sp³-hybridized carbons (Fsp3) is 0.286. The van der Waals surface area contributed by atoms with Crippen molar-refractivity contribution in [1.82, 2.24) is 4.98 Å². The first-order chi connectivity index (χ1) is 9.56. The number of hydrogen-bond donors (Lipinski definition) is 2. The van der Waals surface area contributed by atoms with Crippen LogP contribution in [-0.4, -0.2) is 30.8 Å². The third-order valence-electron chi connectivity index (χ3n) is 2.85. The van der Waals surface area contributed by atoms with Gasteiger partial charge in [0.05, 0.1) is 19.4 Å². The summed E-state index contributed by atoms with van der Waals surface area (Å²) in [6, 6.07) is 5.63. The molecule has 0 saturated carbocycles. The number of H-pyrrole nitrogens is 1. The van der Waals surface area contributed by atoms with Gasteiger partial charge in [0, 0.05) is 10.9 Å². The van der Waals surface area contributed by atoms with Crippen molar-refractivity contribution < 1.29 is 19.1 Å². The molecular weight excluding hydrogens is 260 g/mol. The lowest BCUT2D eigenvalue weighted by Gasteiger charge is -2.06. The van der Waals surface area contributed by atoms with Gasteiger partial charge in [-0.2, -0.15) is 0 Å². The lowest BCUT2D eigenvalue weighted by atomic mass is 10.1. The number of carbonyl (C=O) groups is 2. The highest BCUT2D eigenvalue weighted by molar-refractivity contribution is 6.10. The van der Waals surface area contributed by atoms with E-state index in [4.69, 9.17) is 4.74 Å². The van der Waals surface area contributed by atoms with Crippen LogP contribution < -0.4 is 5.32 Å². The maximum Gasteiger partial charge on any atom is 0.411 e. The van der Waals surface area contributed by atoms with Crippen LogP contribution in [0.5, 0.6) is 0 Å². The summed E-state index contributed by atoms with van der Waals surface area (Å²) in [6.07, 6.45) is -0.641. The van der Waals surface area contributed by atoms with Crippen LogP contribution in [0.4, 0.5) is 10.5 Å². The van der Waals surface area contributed by atoms with Gasteiger partial charge in [0.25, 0.3) is 0 Å². The quantitative estimate of drug-likeness (QED) is 0.845. The number of ether oxygens (including phenoxy) is 2. The Morgan fingerprint density at radius 2 is 2.10 bits per heavy atom. The predicted octanol–water partition coefficient (Wildman–Crippen LogP) is 2.83. The molecule has 0 aliphatic rings. The van der Waals surface area contributed by atoms with Crippen molar-refractivity contribution in [2.45, 2.75) is 13.8 Å². The van der Waals surface area contributed by atoms with Gasteiger partial charge in [-0.25, -0.2) is 9.59 Å². The first kappa shape index (κ1) is 13.9. The van der Waals surface area contributed by atoms with Gasteiger partial charge in [0.15, 0.2) is 0 Å². The monoisotopic (exact) mass is 276 g/mol. The van der Waals surface area contributed by atoms with Crippen LogP contribution in [0.25, 0.3) is 10.9 Å². The Morgan fingerprint density at radius 1 is 1.35 bits per heavy atom. The Balaban J connectivity index is 2.57. The molecular formula is C14H16N2O4. The number of aromatic amines is 1. The summed E-state index contributed by atoms with van der Waals surface area (Å²) in [4.78, 5) is 26.3. The molecule has 1 heterocycles. The molecule has 0 saturated heterocycles. The third-order valence-corrected chi connectivity index (χ3v) is 2.85. The summed E-state index contributed by atoms with van der Waals surface area (Å²) in [7, 11) is 1.26. The molecule has 6 heteroatoms. The van der Waals surface area contributed by atoms with E-state index in [1.165, 1.54) is 7.11 Å². The second-order valence-electron chi connectivity index (χ2n) is 4.26. The summed E-state index contributed by atoms with van der Waals surface area (Å²) in [5, 5.41) is 3.29. The fourth-order valence-corrected chi connectivity index (χ4v) is 1.95. The number of esters is 1. The molecule has 1 aromatic carbocycles. The molecule has 0 fully saturated rings. The van der Waals surface area contributed by atoms with Crippen LogP contribution in [0, 0.1) is 6.92 Å². The summed E-state index contributed by atoms with van der Waals surface area (Å²) in [5.74, 6) is -0.521. The first-order valence-electron chi connectivity index (χ1n) is 6.21. The Kier molecular flexibility index (Phi) is 3.93. The normalized spacial score (nSPS) is 10.3. The fourth-order valence-electron chi connectivity index (χ4n) is 1.95. The molecule has 0 spiro atoms. The van der Waals surface area contributed by atoms with E-state index in [0.717, 1.165) is 16.5 Å². The highest BCUT2D eigenvalue weighted by atomic mass is 16.5. The highest BCUT2D eigenvalue weighted by Crippen LogP contribution is 2.29. The number of nitrogens with one attached hydrogen (secondary N) is 2. The average Bonchev–Trinajstić information content (AvgIpc) is 2.77. The van der Waals surface area contributed by atoms with Crippen LogP contribution in [0.15, 0.2) is 18.2 Å². The summed E-state index contributed by atoms with van der Waals surface area (Å²) in [5.41, 5.74) is 2.33. The zero-order valence-corrected chi connectivity index (χ0v) is 11.6. The number of fused-ring (bicyclic) bond motifs is 1. The van der Waals surface area contributed by atoms with E-state index < -0.39 is 12.1 Å². The predicted molar refractivity (Wildman–Crippen MR) is 75.0 cm³/mol. The Hall–Kier alpha value is -2.50. The van der Waals surface area contributed by atoms with Gasteiger partial charge in [0.2, 0.25) is 0 Å². The molecule has 20 heavy (non-hydrogen) atoms. The van der Waals surface area contributed by atoms with Gasteiger partial charge in [-0.1, -0.05) is 11.6 Å². The smallest absolute Gasteiger partial charge is 0.411 e. The second-order valence-corrected chi connectivity index (χ2v) is 4.26. The summed E-state index contributed by atoms with van der Waals surface area (Å²) >= 11 is 0. The van der Waals surface area contributed by atoms with Crippen LogP contribution in [0.1, 0.15) is 23.0 Å². The van der Waals surface area contributed by atoms with E-state index in [9.17, 15) is 9.59 Å². The number of aryl methyl sites for hydroxylation is 1. The molecule has 2 N–H and O–H groups in total. The molecule has 0 aliphatic carbocycles. The standard InChI is InChI=1S/C14H16N2O4/c1-4-20-13(17)12-11(16-14(18)19-3)9-7-8(2)5-6-10(9)15-12/h5-7,15H,4H2,1-3H3,(H,16,18). The lowest BCUT2D eigenvalue weighted by Crippen LogP contribution is -2.15. The molecule has 0 atom stereocenters. The Morgan fingerprint density at radius 3 is 2.75 bits per heavy atom. The van der Waals surface area contributed by atoms with Gasteiger partial charge in [-0.3, -0.25) is 5.32 Å². The van der Waals surface area contributed by atoms with Crippen molar-refractivity contribution in [3.05, 3.63) is 29.5 Å². The maximum absolute atomic E-state index is 11.9. The molecule has 0 bridgehead atoms. The maximum atomic E-state index is 11.9. The number of aromatic nitrogens is 1. The molecule has 0 radical (unpaired) electrons. The van der Waals surface area contributed by atoms with Crippen LogP contribution in [0.2, 0.25) is 0 Å². The van der Waals surface area contributed by atoms with E-state index in [-0.39, 0.29) is 12.3 Å². The van der Waals surface area contributed by atoms with Crippen molar-refractivity contribution >= 4 is 28.7 Å². The minimum absolute atomic E-state index is 0.206. The number of methoxy groups -OCH3 is 1. The van der Waals surface area contributed by atoms with Crippen molar-refractivity contribution in [2.24, 2.45) is 0 Å². The minimum Gasteiger partial charge on any atom is -0.461 e. The number of anilines is 1. The second kappa shape index (κ2) is 5.64. The third kappa shape index (κ3) is 2.59. The van der Waals surface area contributed by atoms with Crippen molar-refractivity contribution in [3.63, 3.8) is 0 Å². The van der Waals surface area contributed by atoms with E-state index >= 15 is 0 Å². The van der Waals surface area contributed by atoms with Gasteiger partial charge in [-0.05, 0) is 26.0 Å². The molecule has 106 valence electrons. The van der Waals surface area contributed by atoms with E-state index in [1.807, 2.05) is 25.1 Å². The Labute approximate surface area is 116 Å². The minimum atomic E-state index is -0.641. The number of carbonyl (C=O) groups excluding carboxylic acids is 2. The first-order valence-corrected chi connectivity index (χ1v) is 6.21. The average molecular weight is 276 g/mol. The van der Waals surface area contributed by atoms with Crippen LogP contribution >= 0.6 is 0 Å². The zero-order chi connectivity index (χ0) is 14.7. The summed E-state index contributed by atoms with van der Waals surface area (Å²) in [6.45, 7) is 3.90. The zero-order valence-electron chi connectivity index (χ0n) is 11.6. The van der Waals surface area contributed by atoms with E-state index in [0.29, 0.717) is 5.69 Å². The number of benzene rings is 1. The van der Waals surface area contributed by atoms with Gasteiger partial charge in [0.1, 0.15) is 5.69 Å². The molecule has 0 unspecified atom stereocenters. The van der Waals surface area contributed by atoms with Gasteiger partial charge >= 0.3 is 12.1 Å². The Bertz CT molecular complexity index is 660. The molecule has 6 nitrogen and oxygen atoms in total. The van der Waals surface area contributed by atoms with Crippen molar-refractivity contribution in [3.8, 4) is 0 Å². The molecule has 1 aromatic heterocycles.